The van der Waals surface area contributed by atoms with E-state index in [4.69, 9.17) is 0 Å². The number of pyridine rings is 1. The summed E-state index contributed by atoms with van der Waals surface area (Å²) in [6, 6.07) is 15.9. The number of aryl methyl sites for hydroxylation is 3. The highest BCUT2D eigenvalue weighted by Gasteiger charge is 2.08. The summed E-state index contributed by atoms with van der Waals surface area (Å²) in [5.74, 6) is 0. The van der Waals surface area contributed by atoms with Gasteiger partial charge in [-0.3, -0.25) is 0 Å². The lowest BCUT2D eigenvalue weighted by Gasteiger charge is -2.06. The van der Waals surface area contributed by atoms with Gasteiger partial charge in [0.1, 0.15) is 5.65 Å². The number of aromatic nitrogens is 4. The van der Waals surface area contributed by atoms with Crippen molar-refractivity contribution in [3.05, 3.63) is 83.6 Å². The van der Waals surface area contributed by atoms with Gasteiger partial charge in [0.05, 0.1) is 23.6 Å². The van der Waals surface area contributed by atoms with E-state index >= 15 is 0 Å². The molecule has 4 aromatic rings. The Balaban J connectivity index is 1.22. The molecule has 0 aliphatic heterocycles. The van der Waals surface area contributed by atoms with Crippen LogP contribution in [0.2, 0.25) is 0 Å². The Bertz CT molecular complexity index is 1150. The van der Waals surface area contributed by atoms with E-state index in [2.05, 4.69) is 26.9 Å². The summed E-state index contributed by atoms with van der Waals surface area (Å²) in [6.45, 7) is 5.05. The third-order valence-corrected chi connectivity index (χ3v) is 5.11. The molecule has 0 aliphatic carbocycles. The monoisotopic (exact) mass is 402 g/mol. The zero-order valence-corrected chi connectivity index (χ0v) is 17.3. The molecular formula is C23H26N6O. The van der Waals surface area contributed by atoms with Gasteiger partial charge in [-0.2, -0.15) is 5.10 Å². The van der Waals surface area contributed by atoms with Gasteiger partial charge >= 0.3 is 6.03 Å². The molecule has 0 atom stereocenters. The molecule has 2 amide bonds. The van der Waals surface area contributed by atoms with Crippen molar-refractivity contribution < 1.29 is 4.79 Å². The standard InChI is InChI=1S/C23H26N6O/c1-17-8-6-12-22-26-20(16-28(17)22)14-25-23(30)24-13-7-9-19-15-29(27-18(19)2)21-10-4-3-5-11-21/h3-6,8,10-12,15-16H,7,9,13-14H2,1-2H3,(H2,24,25,30). The van der Waals surface area contributed by atoms with Gasteiger partial charge in [-0.1, -0.05) is 24.3 Å². The maximum atomic E-state index is 12.1. The average molecular weight is 403 g/mol. The normalized spacial score (nSPS) is 11.0. The first kappa shape index (κ1) is 19.7. The predicted molar refractivity (Wildman–Crippen MR) is 117 cm³/mol. The van der Waals surface area contributed by atoms with E-state index in [1.807, 2.05) is 77.7 Å². The number of fused-ring (bicyclic) bond motifs is 1. The highest BCUT2D eigenvalue weighted by atomic mass is 16.2. The number of nitrogens with zero attached hydrogens (tertiary/aromatic N) is 4. The number of urea groups is 1. The molecular weight excluding hydrogens is 376 g/mol. The largest absolute Gasteiger partial charge is 0.338 e. The Hall–Kier alpha value is -3.61. The summed E-state index contributed by atoms with van der Waals surface area (Å²) in [5.41, 5.74) is 6.10. The molecule has 30 heavy (non-hydrogen) atoms. The molecule has 7 nitrogen and oxygen atoms in total. The topological polar surface area (TPSA) is 76.2 Å². The molecule has 0 fully saturated rings. The number of imidazole rings is 1. The second-order valence-electron chi connectivity index (χ2n) is 7.36. The molecule has 0 bridgehead atoms. The minimum Gasteiger partial charge on any atom is -0.338 e. The lowest BCUT2D eigenvalue weighted by molar-refractivity contribution is 0.240. The van der Waals surface area contributed by atoms with Crippen molar-refractivity contribution in [2.45, 2.75) is 33.2 Å². The molecule has 3 aromatic heterocycles. The van der Waals surface area contributed by atoms with Crippen LogP contribution in [0.25, 0.3) is 11.3 Å². The van der Waals surface area contributed by atoms with Gasteiger partial charge in [0, 0.05) is 24.6 Å². The Labute approximate surface area is 175 Å². The van der Waals surface area contributed by atoms with Crippen molar-refractivity contribution in [3.63, 3.8) is 0 Å². The first-order valence-electron chi connectivity index (χ1n) is 10.2. The summed E-state index contributed by atoms with van der Waals surface area (Å²) in [7, 11) is 0. The summed E-state index contributed by atoms with van der Waals surface area (Å²) < 4.78 is 3.92. The maximum absolute atomic E-state index is 12.1. The zero-order valence-electron chi connectivity index (χ0n) is 17.3. The van der Waals surface area contributed by atoms with E-state index in [1.54, 1.807) is 0 Å². The lowest BCUT2D eigenvalue weighted by Crippen LogP contribution is -2.35. The van der Waals surface area contributed by atoms with E-state index in [-0.39, 0.29) is 6.03 Å². The van der Waals surface area contributed by atoms with Crippen LogP contribution in [0.1, 0.15) is 29.1 Å². The number of benzene rings is 1. The van der Waals surface area contributed by atoms with E-state index in [0.717, 1.165) is 41.3 Å². The molecule has 154 valence electrons. The Morgan fingerprint density at radius 1 is 1.00 bits per heavy atom. The molecule has 1 aromatic carbocycles. The number of amides is 2. The first-order chi connectivity index (χ1) is 14.6. The molecule has 3 heterocycles. The van der Waals surface area contributed by atoms with Crippen molar-refractivity contribution in [2.24, 2.45) is 0 Å². The minimum atomic E-state index is -0.180. The Morgan fingerprint density at radius 3 is 2.63 bits per heavy atom. The van der Waals surface area contributed by atoms with Crippen LogP contribution in [-0.2, 0) is 13.0 Å². The molecule has 0 saturated carbocycles. The van der Waals surface area contributed by atoms with Gasteiger partial charge in [0.15, 0.2) is 0 Å². The van der Waals surface area contributed by atoms with Crippen LogP contribution in [-0.4, -0.2) is 31.7 Å². The summed E-state index contributed by atoms with van der Waals surface area (Å²) in [5, 5.41) is 10.4. The fraction of sp³-hybridized carbons (Fsp3) is 0.261. The lowest BCUT2D eigenvalue weighted by atomic mass is 10.1. The van der Waals surface area contributed by atoms with Crippen LogP contribution in [0.4, 0.5) is 4.79 Å². The number of carbonyl (C=O) groups excluding carboxylic acids is 1. The molecule has 7 heteroatoms. The highest BCUT2D eigenvalue weighted by molar-refractivity contribution is 5.73. The van der Waals surface area contributed by atoms with Crippen molar-refractivity contribution in [3.8, 4) is 5.69 Å². The molecule has 0 spiro atoms. The first-order valence-corrected chi connectivity index (χ1v) is 10.2. The van der Waals surface area contributed by atoms with Crippen LogP contribution in [0.5, 0.6) is 0 Å². The quantitative estimate of drug-likeness (QED) is 0.464. The van der Waals surface area contributed by atoms with Crippen LogP contribution in [0.15, 0.2) is 60.9 Å². The number of nitrogens with one attached hydrogen (secondary N) is 2. The van der Waals surface area contributed by atoms with Crippen molar-refractivity contribution in [1.82, 2.24) is 29.8 Å². The van der Waals surface area contributed by atoms with Crippen LogP contribution in [0.3, 0.4) is 0 Å². The van der Waals surface area contributed by atoms with E-state index in [1.165, 1.54) is 5.56 Å². The van der Waals surface area contributed by atoms with Gasteiger partial charge in [-0.15, -0.1) is 0 Å². The minimum absolute atomic E-state index is 0.180. The Kier molecular flexibility index (Phi) is 5.79. The van der Waals surface area contributed by atoms with Gasteiger partial charge in [0.2, 0.25) is 0 Å². The summed E-state index contributed by atoms with van der Waals surface area (Å²) >= 11 is 0. The number of hydrogen-bond donors (Lipinski definition) is 2. The maximum Gasteiger partial charge on any atom is 0.315 e. The van der Waals surface area contributed by atoms with E-state index in [9.17, 15) is 4.79 Å². The molecule has 4 rings (SSSR count). The van der Waals surface area contributed by atoms with E-state index in [0.29, 0.717) is 13.1 Å². The zero-order chi connectivity index (χ0) is 20.9. The smallest absolute Gasteiger partial charge is 0.315 e. The number of carbonyl (C=O) groups is 1. The van der Waals surface area contributed by atoms with Gasteiger partial charge in [-0.05, 0) is 56.5 Å². The van der Waals surface area contributed by atoms with Crippen molar-refractivity contribution >= 4 is 11.7 Å². The van der Waals surface area contributed by atoms with Gasteiger partial charge in [0.25, 0.3) is 0 Å². The summed E-state index contributed by atoms with van der Waals surface area (Å²) in [4.78, 5) is 16.6. The van der Waals surface area contributed by atoms with Crippen molar-refractivity contribution in [1.29, 1.82) is 0 Å². The van der Waals surface area contributed by atoms with Crippen LogP contribution >= 0.6 is 0 Å². The average Bonchev–Trinajstić information content (AvgIpc) is 3.34. The SMILES string of the molecule is Cc1nn(-c2ccccc2)cc1CCCNC(=O)NCc1cn2c(C)cccc2n1. The van der Waals surface area contributed by atoms with Gasteiger partial charge < -0.3 is 15.0 Å². The Morgan fingerprint density at radius 2 is 1.83 bits per heavy atom. The van der Waals surface area contributed by atoms with Crippen LogP contribution < -0.4 is 10.6 Å². The van der Waals surface area contributed by atoms with E-state index < -0.39 is 0 Å². The van der Waals surface area contributed by atoms with Crippen molar-refractivity contribution in [2.75, 3.05) is 6.54 Å². The second-order valence-corrected chi connectivity index (χ2v) is 7.36. The molecule has 0 unspecified atom stereocenters. The number of rotatable bonds is 7. The molecule has 0 saturated heterocycles. The molecule has 2 N–H and O–H groups in total. The molecule has 0 radical (unpaired) electrons. The fourth-order valence-electron chi connectivity index (χ4n) is 3.45. The fourth-order valence-corrected chi connectivity index (χ4v) is 3.45. The third-order valence-electron chi connectivity index (χ3n) is 5.11. The third kappa shape index (κ3) is 4.51. The predicted octanol–water partition coefficient (Wildman–Crippen LogP) is 3.57. The van der Waals surface area contributed by atoms with Gasteiger partial charge in [-0.25, -0.2) is 14.5 Å². The molecule has 0 aliphatic rings. The highest BCUT2D eigenvalue weighted by Crippen LogP contribution is 2.13. The number of para-hydroxylation sites is 1. The summed E-state index contributed by atoms with van der Waals surface area (Å²) in [6.07, 6.45) is 5.74. The van der Waals surface area contributed by atoms with Crippen LogP contribution in [0, 0.1) is 13.8 Å². The second kappa shape index (κ2) is 8.82. The number of hydrogen-bond acceptors (Lipinski definition) is 3.